The fraction of sp³-hybridized carbons (Fsp3) is 0.444. The van der Waals surface area contributed by atoms with Crippen LogP contribution in [0.4, 0.5) is 11.6 Å². The molecule has 0 bridgehead atoms. The number of aromatic nitrogens is 2. The number of nitrogens with two attached hydrogens (primary N) is 2. The molecule has 1 aromatic rings. The second kappa shape index (κ2) is 4.13. The molecule has 1 atom stereocenters. The molecule has 0 aliphatic carbocycles. The van der Waals surface area contributed by atoms with Gasteiger partial charge in [0.1, 0.15) is 23.2 Å². The predicted molar refractivity (Wildman–Crippen MR) is 61.0 cm³/mol. The first kappa shape index (κ1) is 10.9. The van der Waals surface area contributed by atoms with Gasteiger partial charge in [0, 0.05) is 6.54 Å². The number of rotatable bonds is 2. The summed E-state index contributed by atoms with van der Waals surface area (Å²) in [7, 11) is 0. The minimum atomic E-state index is -0.370. The van der Waals surface area contributed by atoms with Crippen LogP contribution < -0.4 is 16.4 Å². The van der Waals surface area contributed by atoms with E-state index in [1.165, 1.54) is 6.33 Å². The molecule has 1 unspecified atom stereocenters. The number of carbonyl (C=O) groups is 1. The van der Waals surface area contributed by atoms with E-state index in [4.69, 9.17) is 23.1 Å². The van der Waals surface area contributed by atoms with E-state index in [0.717, 1.165) is 12.8 Å². The first-order valence-electron chi connectivity index (χ1n) is 4.93. The highest BCUT2D eigenvalue weighted by atomic mass is 35.5. The van der Waals surface area contributed by atoms with Gasteiger partial charge in [0.2, 0.25) is 5.91 Å². The molecular weight excluding hydrogens is 230 g/mol. The summed E-state index contributed by atoms with van der Waals surface area (Å²) in [6, 6.07) is -0.355. The van der Waals surface area contributed by atoms with Crippen LogP contribution in [0, 0.1) is 0 Å². The van der Waals surface area contributed by atoms with Gasteiger partial charge in [0.05, 0.1) is 0 Å². The highest BCUT2D eigenvalue weighted by Crippen LogP contribution is 2.31. The van der Waals surface area contributed by atoms with E-state index < -0.39 is 0 Å². The standard InChI is InChI=1S/C9H12ClN5O/c10-6-7(11)13-4-14-9(6)15-3-1-2-5(15)8(12)16/h4-5H,1-3H2,(H2,12,16)(H2,11,13,14). The molecule has 86 valence electrons. The molecule has 7 heteroatoms. The average molecular weight is 242 g/mol. The summed E-state index contributed by atoms with van der Waals surface area (Å²) in [5, 5.41) is 0.274. The third-order valence-electron chi connectivity index (χ3n) is 2.65. The highest BCUT2D eigenvalue weighted by Gasteiger charge is 2.31. The maximum atomic E-state index is 11.2. The van der Waals surface area contributed by atoms with Crippen molar-refractivity contribution in [1.29, 1.82) is 0 Å². The minimum absolute atomic E-state index is 0.210. The highest BCUT2D eigenvalue weighted by molar-refractivity contribution is 6.35. The number of anilines is 2. The Morgan fingerprint density at radius 3 is 3.00 bits per heavy atom. The molecule has 0 aromatic carbocycles. The van der Waals surface area contributed by atoms with Gasteiger partial charge in [-0.15, -0.1) is 0 Å². The van der Waals surface area contributed by atoms with E-state index in [1.54, 1.807) is 4.90 Å². The molecule has 0 spiro atoms. The van der Waals surface area contributed by atoms with Gasteiger partial charge >= 0.3 is 0 Å². The lowest BCUT2D eigenvalue weighted by Gasteiger charge is -2.23. The van der Waals surface area contributed by atoms with E-state index in [-0.39, 0.29) is 22.8 Å². The van der Waals surface area contributed by atoms with Crippen molar-refractivity contribution in [3.05, 3.63) is 11.3 Å². The predicted octanol–water partition coefficient (Wildman–Crippen LogP) is 0.166. The topological polar surface area (TPSA) is 98.1 Å². The maximum Gasteiger partial charge on any atom is 0.240 e. The van der Waals surface area contributed by atoms with E-state index in [2.05, 4.69) is 9.97 Å². The Labute approximate surface area is 97.6 Å². The smallest absolute Gasteiger partial charge is 0.240 e. The van der Waals surface area contributed by atoms with Crippen LogP contribution in [-0.4, -0.2) is 28.5 Å². The molecule has 1 fully saturated rings. The quantitative estimate of drug-likeness (QED) is 0.769. The van der Waals surface area contributed by atoms with Crippen molar-refractivity contribution in [3.63, 3.8) is 0 Å². The lowest BCUT2D eigenvalue weighted by atomic mass is 10.2. The first-order chi connectivity index (χ1) is 7.61. The normalized spacial score (nSPS) is 20.1. The number of carbonyl (C=O) groups excluding carboxylic acids is 1. The van der Waals surface area contributed by atoms with Crippen LogP contribution in [0.5, 0.6) is 0 Å². The van der Waals surface area contributed by atoms with Crippen LogP contribution in [0.1, 0.15) is 12.8 Å². The number of halogens is 1. The van der Waals surface area contributed by atoms with E-state index in [1.807, 2.05) is 0 Å². The lowest BCUT2D eigenvalue weighted by molar-refractivity contribution is -0.119. The molecule has 6 nitrogen and oxygen atoms in total. The van der Waals surface area contributed by atoms with Gasteiger partial charge in [-0.05, 0) is 12.8 Å². The molecule has 1 amide bonds. The summed E-state index contributed by atoms with van der Waals surface area (Å²) < 4.78 is 0. The lowest BCUT2D eigenvalue weighted by Crippen LogP contribution is -2.41. The van der Waals surface area contributed by atoms with Crippen molar-refractivity contribution < 1.29 is 4.79 Å². The monoisotopic (exact) mass is 241 g/mol. The average Bonchev–Trinajstić information content (AvgIpc) is 2.70. The second-order valence-electron chi connectivity index (χ2n) is 3.65. The van der Waals surface area contributed by atoms with Crippen LogP contribution in [0.2, 0.25) is 5.02 Å². The largest absolute Gasteiger partial charge is 0.382 e. The van der Waals surface area contributed by atoms with Crippen LogP contribution in [0.3, 0.4) is 0 Å². The second-order valence-corrected chi connectivity index (χ2v) is 4.03. The number of hydrogen-bond donors (Lipinski definition) is 2. The molecule has 4 N–H and O–H groups in total. The summed E-state index contributed by atoms with van der Waals surface area (Å²) in [5.74, 6) is 0.322. The summed E-state index contributed by atoms with van der Waals surface area (Å²) >= 11 is 6.00. The van der Waals surface area contributed by atoms with Crippen molar-refractivity contribution in [2.45, 2.75) is 18.9 Å². The minimum Gasteiger partial charge on any atom is -0.382 e. The van der Waals surface area contributed by atoms with Gasteiger partial charge < -0.3 is 16.4 Å². The van der Waals surface area contributed by atoms with Gasteiger partial charge in [0.15, 0.2) is 5.82 Å². The Bertz CT molecular complexity index is 424. The third kappa shape index (κ3) is 1.76. The van der Waals surface area contributed by atoms with Crippen molar-refractivity contribution in [2.24, 2.45) is 5.73 Å². The first-order valence-corrected chi connectivity index (χ1v) is 5.31. The fourth-order valence-electron chi connectivity index (χ4n) is 1.89. The van der Waals surface area contributed by atoms with Gasteiger partial charge in [0.25, 0.3) is 0 Å². The molecular formula is C9H12ClN5O. The van der Waals surface area contributed by atoms with Gasteiger partial charge in [-0.25, -0.2) is 9.97 Å². The van der Waals surface area contributed by atoms with E-state index in [9.17, 15) is 4.79 Å². The van der Waals surface area contributed by atoms with E-state index >= 15 is 0 Å². The molecule has 2 rings (SSSR count). The number of nitrogen functional groups attached to an aromatic ring is 1. The molecule has 0 saturated carbocycles. The fourth-order valence-corrected chi connectivity index (χ4v) is 2.10. The van der Waals surface area contributed by atoms with E-state index in [0.29, 0.717) is 12.4 Å². The summed E-state index contributed by atoms with van der Waals surface area (Å²) in [6.07, 6.45) is 2.93. The van der Waals surface area contributed by atoms with Crippen molar-refractivity contribution in [1.82, 2.24) is 9.97 Å². The van der Waals surface area contributed by atoms with Crippen LogP contribution >= 0.6 is 11.6 Å². The van der Waals surface area contributed by atoms with Crippen LogP contribution in [0.25, 0.3) is 0 Å². The molecule has 1 aliphatic heterocycles. The Morgan fingerprint density at radius 1 is 1.56 bits per heavy atom. The van der Waals surface area contributed by atoms with Crippen molar-refractivity contribution in [3.8, 4) is 0 Å². The van der Waals surface area contributed by atoms with Crippen molar-refractivity contribution in [2.75, 3.05) is 17.2 Å². The summed E-state index contributed by atoms with van der Waals surface area (Å²) in [6.45, 7) is 0.698. The van der Waals surface area contributed by atoms with Gasteiger partial charge in [-0.1, -0.05) is 11.6 Å². The zero-order valence-corrected chi connectivity index (χ0v) is 9.31. The number of nitrogens with zero attached hydrogens (tertiary/aromatic N) is 3. The Kier molecular flexibility index (Phi) is 2.82. The Hall–Kier alpha value is -1.56. The number of primary amides is 1. The zero-order chi connectivity index (χ0) is 11.7. The van der Waals surface area contributed by atoms with Crippen LogP contribution in [-0.2, 0) is 4.79 Å². The Balaban J connectivity index is 2.36. The summed E-state index contributed by atoms with van der Waals surface area (Å²) in [4.78, 5) is 20.8. The van der Waals surface area contributed by atoms with Gasteiger partial charge in [-0.2, -0.15) is 0 Å². The Morgan fingerprint density at radius 2 is 2.31 bits per heavy atom. The maximum absolute atomic E-state index is 11.2. The zero-order valence-electron chi connectivity index (χ0n) is 8.56. The molecule has 2 heterocycles. The third-order valence-corrected chi connectivity index (χ3v) is 3.01. The SMILES string of the molecule is NC(=O)C1CCCN1c1ncnc(N)c1Cl. The van der Waals surface area contributed by atoms with Gasteiger partial charge in [-0.3, -0.25) is 4.79 Å². The molecule has 1 aromatic heterocycles. The van der Waals surface area contributed by atoms with Crippen molar-refractivity contribution >= 4 is 29.1 Å². The molecule has 1 saturated heterocycles. The summed E-state index contributed by atoms with van der Waals surface area (Å²) in [5.41, 5.74) is 10.9. The molecule has 16 heavy (non-hydrogen) atoms. The molecule has 1 aliphatic rings. The molecule has 0 radical (unpaired) electrons. The number of amides is 1. The number of hydrogen-bond acceptors (Lipinski definition) is 5. The van der Waals surface area contributed by atoms with Crippen LogP contribution in [0.15, 0.2) is 6.33 Å².